The third-order valence-electron chi connectivity index (χ3n) is 5.35. The van der Waals surface area contributed by atoms with Crippen molar-refractivity contribution in [2.24, 2.45) is 5.92 Å². The standard InChI is InChI=1S/C20H30N4O2S/c1-15(19(25)23-10-3-4-11-23)27-18-17(8-5-9-22-18)20(26)24-12-6-7-16(14-24)13-21-2/h5,8-9,15-16,21H,3-4,6-7,10-14H2,1-2H3. The van der Waals surface area contributed by atoms with Gasteiger partial charge in [0.2, 0.25) is 5.91 Å². The second-order valence-electron chi connectivity index (χ2n) is 7.47. The molecule has 148 valence electrons. The van der Waals surface area contributed by atoms with Crippen LogP contribution in [-0.2, 0) is 4.79 Å². The van der Waals surface area contributed by atoms with Crippen molar-refractivity contribution in [3.63, 3.8) is 0 Å². The maximum absolute atomic E-state index is 13.1. The van der Waals surface area contributed by atoms with Crippen LogP contribution in [0.15, 0.2) is 23.4 Å². The Hall–Kier alpha value is -1.60. The van der Waals surface area contributed by atoms with E-state index in [9.17, 15) is 9.59 Å². The molecule has 0 aromatic carbocycles. The summed E-state index contributed by atoms with van der Waals surface area (Å²) < 4.78 is 0. The number of likely N-dealkylation sites (tertiary alicyclic amines) is 2. The molecule has 3 heterocycles. The van der Waals surface area contributed by atoms with Gasteiger partial charge < -0.3 is 15.1 Å². The lowest BCUT2D eigenvalue weighted by Crippen LogP contribution is -2.42. The number of pyridine rings is 1. The molecule has 2 fully saturated rings. The molecular weight excluding hydrogens is 360 g/mol. The second kappa shape index (κ2) is 9.55. The zero-order valence-electron chi connectivity index (χ0n) is 16.3. The Labute approximate surface area is 166 Å². The highest BCUT2D eigenvalue weighted by atomic mass is 32.2. The molecule has 2 aliphatic rings. The maximum Gasteiger partial charge on any atom is 0.256 e. The number of carbonyl (C=O) groups excluding carboxylic acids is 2. The molecule has 0 radical (unpaired) electrons. The molecule has 2 unspecified atom stereocenters. The van der Waals surface area contributed by atoms with Gasteiger partial charge in [0, 0.05) is 32.4 Å². The first-order chi connectivity index (χ1) is 13.1. The number of nitrogens with one attached hydrogen (secondary N) is 1. The topological polar surface area (TPSA) is 65.5 Å². The molecule has 2 atom stereocenters. The lowest BCUT2D eigenvalue weighted by molar-refractivity contribution is -0.129. The lowest BCUT2D eigenvalue weighted by atomic mass is 9.97. The Morgan fingerprint density at radius 1 is 1.26 bits per heavy atom. The first kappa shape index (κ1) is 20.1. The van der Waals surface area contributed by atoms with Crippen LogP contribution in [-0.4, -0.2) is 71.6 Å². The van der Waals surface area contributed by atoms with Gasteiger partial charge in [0.1, 0.15) is 5.03 Å². The number of thioether (sulfide) groups is 1. The summed E-state index contributed by atoms with van der Waals surface area (Å²) in [6, 6.07) is 3.64. The van der Waals surface area contributed by atoms with E-state index >= 15 is 0 Å². The summed E-state index contributed by atoms with van der Waals surface area (Å²) in [6.45, 7) is 6.11. The highest BCUT2D eigenvalue weighted by Crippen LogP contribution is 2.28. The quantitative estimate of drug-likeness (QED) is 0.755. The van der Waals surface area contributed by atoms with Crippen molar-refractivity contribution >= 4 is 23.6 Å². The van der Waals surface area contributed by atoms with Gasteiger partial charge in [-0.2, -0.15) is 0 Å². The normalized spacial score (nSPS) is 21.3. The predicted molar refractivity (Wildman–Crippen MR) is 108 cm³/mol. The maximum atomic E-state index is 13.1. The van der Waals surface area contributed by atoms with Crippen molar-refractivity contribution in [3.05, 3.63) is 23.9 Å². The van der Waals surface area contributed by atoms with E-state index in [0.29, 0.717) is 16.5 Å². The van der Waals surface area contributed by atoms with Crippen molar-refractivity contribution in [1.82, 2.24) is 20.1 Å². The van der Waals surface area contributed by atoms with Gasteiger partial charge in [-0.3, -0.25) is 9.59 Å². The monoisotopic (exact) mass is 390 g/mol. The van der Waals surface area contributed by atoms with Crippen molar-refractivity contribution in [1.29, 1.82) is 0 Å². The Bertz CT molecular complexity index is 661. The van der Waals surface area contributed by atoms with E-state index in [2.05, 4.69) is 10.3 Å². The Morgan fingerprint density at radius 2 is 2.00 bits per heavy atom. The summed E-state index contributed by atoms with van der Waals surface area (Å²) in [7, 11) is 1.95. The molecule has 2 aliphatic heterocycles. The van der Waals surface area contributed by atoms with E-state index in [4.69, 9.17) is 0 Å². The van der Waals surface area contributed by atoms with Crippen LogP contribution in [0.3, 0.4) is 0 Å². The molecule has 1 aromatic rings. The van der Waals surface area contributed by atoms with E-state index < -0.39 is 0 Å². The Kier molecular flexibility index (Phi) is 7.13. The van der Waals surface area contributed by atoms with Gasteiger partial charge in [-0.25, -0.2) is 4.98 Å². The van der Waals surface area contributed by atoms with Crippen LogP contribution in [0.1, 0.15) is 43.0 Å². The highest BCUT2D eigenvalue weighted by Gasteiger charge is 2.29. The minimum Gasteiger partial charge on any atom is -0.342 e. The van der Waals surface area contributed by atoms with Gasteiger partial charge >= 0.3 is 0 Å². The number of rotatable bonds is 6. The third kappa shape index (κ3) is 5.02. The van der Waals surface area contributed by atoms with Gasteiger partial charge in [0.25, 0.3) is 5.91 Å². The molecule has 0 spiro atoms. The predicted octanol–water partition coefficient (Wildman–Crippen LogP) is 2.26. The number of aromatic nitrogens is 1. The van der Waals surface area contributed by atoms with Crippen molar-refractivity contribution < 1.29 is 9.59 Å². The fraction of sp³-hybridized carbons (Fsp3) is 0.650. The van der Waals surface area contributed by atoms with Crippen molar-refractivity contribution in [3.8, 4) is 0 Å². The molecule has 2 amide bonds. The molecule has 1 N–H and O–H groups in total. The van der Waals surface area contributed by atoms with E-state index in [1.807, 2.05) is 29.8 Å². The summed E-state index contributed by atoms with van der Waals surface area (Å²) in [5.74, 6) is 0.678. The molecule has 7 heteroatoms. The van der Waals surface area contributed by atoms with E-state index in [1.54, 1.807) is 12.3 Å². The number of piperidine rings is 1. The number of hydrogen-bond donors (Lipinski definition) is 1. The molecule has 27 heavy (non-hydrogen) atoms. The van der Waals surface area contributed by atoms with Gasteiger partial charge in [0.05, 0.1) is 10.8 Å². The highest BCUT2D eigenvalue weighted by molar-refractivity contribution is 8.00. The largest absolute Gasteiger partial charge is 0.342 e. The molecule has 6 nitrogen and oxygen atoms in total. The van der Waals surface area contributed by atoms with Gasteiger partial charge in [-0.1, -0.05) is 11.8 Å². The number of hydrogen-bond acceptors (Lipinski definition) is 5. The van der Waals surface area contributed by atoms with E-state index in [0.717, 1.165) is 58.4 Å². The summed E-state index contributed by atoms with van der Waals surface area (Å²) in [4.78, 5) is 34.1. The summed E-state index contributed by atoms with van der Waals surface area (Å²) >= 11 is 1.41. The molecule has 2 saturated heterocycles. The second-order valence-corrected chi connectivity index (χ2v) is 8.80. The molecule has 1 aromatic heterocycles. The van der Waals surface area contributed by atoms with E-state index in [1.165, 1.54) is 11.8 Å². The first-order valence-corrected chi connectivity index (χ1v) is 10.8. The van der Waals surface area contributed by atoms with Gasteiger partial charge in [0.15, 0.2) is 0 Å². The van der Waals surface area contributed by atoms with Crippen LogP contribution < -0.4 is 5.32 Å². The lowest BCUT2D eigenvalue weighted by Gasteiger charge is -2.33. The minimum atomic E-state index is -0.233. The average molecular weight is 391 g/mol. The average Bonchev–Trinajstić information content (AvgIpc) is 3.22. The summed E-state index contributed by atoms with van der Waals surface area (Å²) in [5.41, 5.74) is 0.619. The van der Waals surface area contributed by atoms with Crippen LogP contribution in [0.2, 0.25) is 0 Å². The van der Waals surface area contributed by atoms with Crippen LogP contribution in [0, 0.1) is 5.92 Å². The zero-order chi connectivity index (χ0) is 19.2. The van der Waals surface area contributed by atoms with E-state index in [-0.39, 0.29) is 17.1 Å². The minimum absolute atomic E-state index is 0.0345. The fourth-order valence-corrected chi connectivity index (χ4v) is 4.92. The molecular formula is C20H30N4O2S. The first-order valence-electron chi connectivity index (χ1n) is 9.94. The summed E-state index contributed by atoms with van der Waals surface area (Å²) in [5, 5.41) is 3.65. The SMILES string of the molecule is CNCC1CCCN(C(=O)c2cccnc2SC(C)C(=O)N2CCCC2)C1. The van der Waals surface area contributed by atoms with Gasteiger partial charge in [-0.15, -0.1) is 0 Å². The molecule has 3 rings (SSSR count). The zero-order valence-corrected chi connectivity index (χ0v) is 17.1. The van der Waals surface area contributed by atoms with Crippen LogP contribution in [0.25, 0.3) is 0 Å². The number of amides is 2. The Balaban J connectivity index is 1.69. The molecule has 0 saturated carbocycles. The van der Waals surface area contributed by atoms with Crippen LogP contribution in [0.5, 0.6) is 0 Å². The third-order valence-corrected chi connectivity index (χ3v) is 6.46. The summed E-state index contributed by atoms with van der Waals surface area (Å²) in [6.07, 6.45) is 6.05. The van der Waals surface area contributed by atoms with Crippen molar-refractivity contribution in [2.75, 3.05) is 39.8 Å². The fourth-order valence-electron chi connectivity index (χ4n) is 3.94. The smallest absolute Gasteiger partial charge is 0.256 e. The van der Waals surface area contributed by atoms with Crippen LogP contribution in [0.4, 0.5) is 0 Å². The van der Waals surface area contributed by atoms with Gasteiger partial charge in [-0.05, 0) is 64.3 Å². The molecule has 0 aliphatic carbocycles. The van der Waals surface area contributed by atoms with Crippen LogP contribution >= 0.6 is 11.8 Å². The number of carbonyl (C=O) groups is 2. The Morgan fingerprint density at radius 3 is 2.74 bits per heavy atom. The van der Waals surface area contributed by atoms with Crippen molar-refractivity contribution in [2.45, 2.75) is 42.9 Å². The number of nitrogens with zero attached hydrogens (tertiary/aromatic N) is 3. The molecule has 0 bridgehead atoms.